The topological polar surface area (TPSA) is 83.5 Å². The standard InChI is InChI=1S/C20H30BrNO4S/c1-18(2,19(3,4)17(23)13-22-7)12-16(20(5,6)21)14-8-10-15(11-9-14)27(24,25)26/h8,10,16,22H,12-13H2,1-7H3,(H,24,25,26). The molecule has 1 atom stereocenters. The Bertz CT molecular complexity index is 832. The van der Waals surface area contributed by atoms with Crippen LogP contribution < -0.4 is 5.32 Å². The molecule has 152 valence electrons. The summed E-state index contributed by atoms with van der Waals surface area (Å²) in [5, 5.41) is 2.93. The summed E-state index contributed by atoms with van der Waals surface area (Å²) in [4.78, 5) is 12.3. The number of ketones is 1. The maximum Gasteiger partial charge on any atom is 0.302 e. The van der Waals surface area contributed by atoms with Gasteiger partial charge in [-0.25, -0.2) is 0 Å². The van der Waals surface area contributed by atoms with Crippen LogP contribution in [0.5, 0.6) is 0 Å². The normalized spacial score (nSPS) is 16.8. The summed E-state index contributed by atoms with van der Waals surface area (Å²) < 4.78 is 31.3. The number of allylic oxidation sites excluding steroid dienone is 3. The number of alkyl halides is 1. The van der Waals surface area contributed by atoms with E-state index in [1.165, 1.54) is 6.08 Å². The highest BCUT2D eigenvalue weighted by Gasteiger charge is 2.46. The summed E-state index contributed by atoms with van der Waals surface area (Å²) in [5.41, 5.74) is 5.29. The van der Waals surface area contributed by atoms with Crippen molar-refractivity contribution in [2.75, 3.05) is 13.6 Å². The molecule has 0 aromatic rings. The number of hydrogen-bond acceptors (Lipinski definition) is 4. The molecule has 1 rings (SSSR count). The fraction of sp³-hybridized carbons (Fsp3) is 0.650. The molecular weight excluding hydrogens is 430 g/mol. The molecule has 7 heteroatoms. The van der Waals surface area contributed by atoms with Gasteiger partial charge in [0.05, 0.1) is 6.54 Å². The van der Waals surface area contributed by atoms with E-state index in [0.29, 0.717) is 13.0 Å². The van der Waals surface area contributed by atoms with Gasteiger partial charge < -0.3 is 5.32 Å². The maximum atomic E-state index is 12.7. The third-order valence-electron chi connectivity index (χ3n) is 5.67. The molecule has 1 unspecified atom stereocenters. The highest BCUT2D eigenvalue weighted by Crippen LogP contribution is 2.49. The number of rotatable bonds is 9. The van der Waals surface area contributed by atoms with Gasteiger partial charge in [0.2, 0.25) is 0 Å². The Balaban J connectivity index is 3.37. The first kappa shape index (κ1) is 24.1. The number of carbonyl (C=O) groups is 1. The van der Waals surface area contributed by atoms with Gasteiger partial charge in [-0.05, 0) is 50.6 Å². The van der Waals surface area contributed by atoms with Crippen LogP contribution in [-0.2, 0) is 14.9 Å². The van der Waals surface area contributed by atoms with Gasteiger partial charge in [-0.1, -0.05) is 49.4 Å². The fourth-order valence-electron chi connectivity index (χ4n) is 2.98. The Labute approximate surface area is 171 Å². The number of hydrogen-bond donors (Lipinski definition) is 2. The first-order chi connectivity index (χ1) is 12.0. The molecule has 1 aliphatic rings. The van der Waals surface area contributed by atoms with Gasteiger partial charge in [0.1, 0.15) is 4.91 Å². The van der Waals surface area contributed by atoms with E-state index in [0.717, 1.165) is 5.57 Å². The fourth-order valence-corrected chi connectivity index (χ4v) is 3.81. The molecule has 0 aromatic heterocycles. The molecule has 0 saturated heterocycles. The molecule has 5 nitrogen and oxygen atoms in total. The Morgan fingerprint density at radius 1 is 1.19 bits per heavy atom. The molecular formula is C20H30BrNO4S. The van der Waals surface area contributed by atoms with Crippen molar-refractivity contribution in [3.63, 3.8) is 0 Å². The van der Waals surface area contributed by atoms with E-state index in [2.05, 4.69) is 46.6 Å². The lowest BCUT2D eigenvalue weighted by Gasteiger charge is -2.45. The third-order valence-corrected chi connectivity index (χ3v) is 7.01. The van der Waals surface area contributed by atoms with E-state index in [4.69, 9.17) is 4.55 Å². The van der Waals surface area contributed by atoms with E-state index >= 15 is 0 Å². The molecule has 27 heavy (non-hydrogen) atoms. The number of halogens is 1. The van der Waals surface area contributed by atoms with Crippen molar-refractivity contribution in [3.05, 3.63) is 34.1 Å². The number of carbonyl (C=O) groups excluding carboxylic acids is 1. The van der Waals surface area contributed by atoms with Gasteiger partial charge in [0.15, 0.2) is 5.78 Å². The van der Waals surface area contributed by atoms with Crippen LogP contribution in [0.4, 0.5) is 0 Å². The van der Waals surface area contributed by atoms with Gasteiger partial charge in [-0.2, -0.15) is 8.42 Å². The molecule has 1 aliphatic carbocycles. The molecule has 0 bridgehead atoms. The van der Waals surface area contributed by atoms with Gasteiger partial charge in [0, 0.05) is 21.2 Å². The minimum Gasteiger partial charge on any atom is -0.313 e. The van der Waals surface area contributed by atoms with E-state index in [1.54, 1.807) is 13.1 Å². The largest absolute Gasteiger partial charge is 0.313 e. The molecule has 0 radical (unpaired) electrons. The van der Waals surface area contributed by atoms with Crippen molar-refractivity contribution < 1.29 is 17.8 Å². The summed E-state index contributed by atoms with van der Waals surface area (Å²) in [6.07, 6.45) is 3.65. The van der Waals surface area contributed by atoms with Gasteiger partial charge >= 0.3 is 10.1 Å². The minimum absolute atomic E-state index is 0.0548. The van der Waals surface area contributed by atoms with Crippen molar-refractivity contribution in [1.29, 1.82) is 0 Å². The zero-order chi connectivity index (χ0) is 21.3. The summed E-state index contributed by atoms with van der Waals surface area (Å²) in [7, 11) is -2.55. The summed E-state index contributed by atoms with van der Waals surface area (Å²) in [5.74, 6) is 0.0826. The number of likely N-dealkylation sites (N-methyl/N-ethyl adjacent to an activating group) is 1. The lowest BCUT2D eigenvalue weighted by Crippen LogP contribution is -2.46. The molecule has 0 fully saturated rings. The lowest BCUT2D eigenvalue weighted by atomic mass is 9.60. The van der Waals surface area contributed by atoms with Gasteiger partial charge in [-0.15, -0.1) is 0 Å². The molecule has 2 N–H and O–H groups in total. The van der Waals surface area contributed by atoms with Crippen LogP contribution in [-0.4, -0.2) is 36.7 Å². The zero-order valence-corrected chi connectivity index (χ0v) is 19.5. The van der Waals surface area contributed by atoms with Crippen molar-refractivity contribution in [1.82, 2.24) is 5.32 Å². The molecule has 0 heterocycles. The van der Waals surface area contributed by atoms with Gasteiger partial charge in [0.25, 0.3) is 0 Å². The lowest BCUT2D eigenvalue weighted by molar-refractivity contribution is -0.132. The Morgan fingerprint density at radius 3 is 2.11 bits per heavy atom. The van der Waals surface area contributed by atoms with Crippen molar-refractivity contribution >= 4 is 31.8 Å². The van der Waals surface area contributed by atoms with Crippen LogP contribution in [0.25, 0.3) is 0 Å². The monoisotopic (exact) mass is 459 g/mol. The van der Waals surface area contributed by atoms with Gasteiger partial charge in [-0.3, -0.25) is 9.35 Å². The van der Waals surface area contributed by atoms with Crippen LogP contribution in [0.3, 0.4) is 0 Å². The second-order valence-electron chi connectivity index (χ2n) is 8.66. The quantitative estimate of drug-likeness (QED) is 0.308. The first-order valence-corrected chi connectivity index (χ1v) is 11.1. The second kappa shape index (κ2) is 8.20. The highest BCUT2D eigenvalue weighted by molar-refractivity contribution is 9.10. The van der Waals surface area contributed by atoms with E-state index < -0.39 is 15.5 Å². The Morgan fingerprint density at radius 2 is 1.74 bits per heavy atom. The minimum atomic E-state index is -4.31. The first-order valence-electron chi connectivity index (χ1n) is 8.82. The average molecular weight is 460 g/mol. The summed E-state index contributed by atoms with van der Waals surface area (Å²) in [6, 6.07) is 0. The van der Waals surface area contributed by atoms with E-state index in [1.807, 2.05) is 27.7 Å². The van der Waals surface area contributed by atoms with Crippen LogP contribution in [0.2, 0.25) is 0 Å². The third kappa shape index (κ3) is 5.77. The molecule has 0 saturated carbocycles. The Hall–Kier alpha value is -0.940. The molecule has 0 amide bonds. The van der Waals surface area contributed by atoms with E-state index in [-0.39, 0.29) is 26.3 Å². The summed E-state index contributed by atoms with van der Waals surface area (Å²) >= 11 is 3.73. The highest BCUT2D eigenvalue weighted by atomic mass is 79.9. The SMILES string of the molecule is CNCC(=O)C(C)(C)C(C)(C)CC(C1=C=C=C(S(=O)(=O)O)C=C1)C(C)(C)Br. The predicted octanol–water partition coefficient (Wildman–Crippen LogP) is 4.03. The predicted molar refractivity (Wildman–Crippen MR) is 112 cm³/mol. The van der Waals surface area contributed by atoms with Crippen LogP contribution in [0, 0.1) is 16.7 Å². The van der Waals surface area contributed by atoms with Crippen molar-refractivity contribution in [2.45, 2.75) is 52.3 Å². The molecule has 0 aliphatic heterocycles. The van der Waals surface area contributed by atoms with Crippen molar-refractivity contribution in [3.8, 4) is 0 Å². The number of Topliss-reactive ketones (excluding diaryl/α,β-unsaturated/α-hetero) is 1. The van der Waals surface area contributed by atoms with E-state index in [9.17, 15) is 13.2 Å². The second-order valence-corrected chi connectivity index (χ2v) is 12.1. The maximum absolute atomic E-state index is 12.7. The number of nitrogens with one attached hydrogen (secondary N) is 1. The van der Waals surface area contributed by atoms with Crippen LogP contribution in [0.1, 0.15) is 48.0 Å². The Kier molecular flexibility index (Phi) is 7.32. The molecule has 0 aromatic carbocycles. The smallest absolute Gasteiger partial charge is 0.302 e. The van der Waals surface area contributed by atoms with Crippen molar-refractivity contribution in [2.24, 2.45) is 16.7 Å². The zero-order valence-electron chi connectivity index (χ0n) is 17.1. The average Bonchev–Trinajstić information content (AvgIpc) is 2.51. The molecule has 0 spiro atoms. The summed E-state index contributed by atoms with van der Waals surface area (Å²) in [6.45, 7) is 12.4. The van der Waals surface area contributed by atoms with Crippen LogP contribution >= 0.6 is 15.9 Å². The van der Waals surface area contributed by atoms with Crippen LogP contribution in [0.15, 0.2) is 34.1 Å².